The first kappa shape index (κ1) is 16.1. The molecule has 0 saturated heterocycles. The molecule has 1 aromatic heterocycles. The zero-order valence-corrected chi connectivity index (χ0v) is 13.5. The zero-order chi connectivity index (χ0) is 16.1. The molecule has 1 atom stereocenters. The summed E-state index contributed by atoms with van der Waals surface area (Å²) in [6.07, 6.45) is 0. The average Bonchev–Trinajstić information content (AvgIpc) is 2.91. The smallest absolute Gasteiger partial charge is 0.265 e. The third-order valence-corrected chi connectivity index (χ3v) is 3.91. The monoisotopic (exact) mass is 318 g/mol. The van der Waals surface area contributed by atoms with Crippen molar-refractivity contribution in [1.82, 2.24) is 20.2 Å². The van der Waals surface area contributed by atoms with Crippen LogP contribution in [0.2, 0.25) is 0 Å². The van der Waals surface area contributed by atoms with Crippen molar-refractivity contribution in [2.75, 3.05) is 6.54 Å². The molecule has 1 heterocycles. The van der Waals surface area contributed by atoms with Crippen molar-refractivity contribution in [1.29, 1.82) is 0 Å². The molecule has 0 spiro atoms. The maximum atomic E-state index is 12.0. The molecule has 22 heavy (non-hydrogen) atoms. The topological polar surface area (TPSA) is 84.0 Å². The van der Waals surface area contributed by atoms with Crippen LogP contribution in [0.15, 0.2) is 24.3 Å². The van der Waals surface area contributed by atoms with Gasteiger partial charge in [-0.3, -0.25) is 9.59 Å². The van der Waals surface area contributed by atoms with E-state index in [1.807, 2.05) is 32.0 Å². The van der Waals surface area contributed by atoms with Gasteiger partial charge in [0.05, 0.1) is 5.69 Å². The fourth-order valence-corrected chi connectivity index (χ4v) is 2.47. The van der Waals surface area contributed by atoms with Crippen molar-refractivity contribution in [3.8, 4) is 0 Å². The first-order valence-corrected chi connectivity index (χ1v) is 7.69. The summed E-state index contributed by atoms with van der Waals surface area (Å²) in [5.41, 5.74) is 2.25. The maximum absolute atomic E-state index is 12.0. The fraction of sp³-hybridized carbons (Fsp3) is 0.333. The second kappa shape index (κ2) is 7.13. The van der Waals surface area contributed by atoms with Gasteiger partial charge in [0.2, 0.25) is 0 Å². The summed E-state index contributed by atoms with van der Waals surface area (Å²) in [4.78, 5) is 24.5. The Kier molecular flexibility index (Phi) is 5.21. The minimum Gasteiger partial charge on any atom is -0.350 e. The Balaban J connectivity index is 1.85. The first-order valence-electron chi connectivity index (χ1n) is 6.92. The predicted molar refractivity (Wildman–Crippen MR) is 85.1 cm³/mol. The van der Waals surface area contributed by atoms with E-state index in [0.717, 1.165) is 17.1 Å². The number of rotatable bonds is 5. The van der Waals surface area contributed by atoms with Gasteiger partial charge in [0.1, 0.15) is 4.88 Å². The second-order valence-electron chi connectivity index (χ2n) is 5.14. The molecule has 2 N–H and O–H groups in total. The molecule has 0 aliphatic carbocycles. The van der Waals surface area contributed by atoms with Gasteiger partial charge in [0.25, 0.3) is 11.8 Å². The molecular weight excluding hydrogens is 300 g/mol. The number of carbonyl (C=O) groups excluding carboxylic acids is 2. The summed E-state index contributed by atoms with van der Waals surface area (Å²) in [6.45, 7) is 5.86. The minimum absolute atomic E-state index is 0.152. The van der Waals surface area contributed by atoms with Gasteiger partial charge in [-0.2, -0.15) is 0 Å². The molecule has 0 bridgehead atoms. The van der Waals surface area contributed by atoms with Crippen LogP contribution in [0.5, 0.6) is 0 Å². The molecule has 2 rings (SSSR count). The standard InChI is InChI=1S/C15H18N4O2S/c1-9-5-4-6-12(7-9)14(20)16-8-10(2)17-15(21)13-11(3)18-19-22-13/h4-7,10H,8H2,1-3H3,(H,16,20)(H,17,21). The van der Waals surface area contributed by atoms with Crippen molar-refractivity contribution >= 4 is 23.3 Å². The highest BCUT2D eigenvalue weighted by atomic mass is 32.1. The lowest BCUT2D eigenvalue weighted by atomic mass is 10.1. The summed E-state index contributed by atoms with van der Waals surface area (Å²) in [7, 11) is 0. The van der Waals surface area contributed by atoms with E-state index in [-0.39, 0.29) is 17.9 Å². The molecule has 0 aliphatic heterocycles. The number of aromatic nitrogens is 2. The molecular formula is C15H18N4O2S. The van der Waals surface area contributed by atoms with Gasteiger partial charge in [-0.25, -0.2) is 0 Å². The number of amides is 2. The van der Waals surface area contributed by atoms with Crippen LogP contribution in [0.1, 0.15) is 38.2 Å². The zero-order valence-electron chi connectivity index (χ0n) is 12.7. The second-order valence-corrected chi connectivity index (χ2v) is 5.90. The lowest BCUT2D eigenvalue weighted by molar-refractivity contribution is 0.0914. The molecule has 0 radical (unpaired) electrons. The summed E-state index contributed by atoms with van der Waals surface area (Å²) in [6, 6.07) is 7.17. The molecule has 116 valence electrons. The SMILES string of the molecule is Cc1cccc(C(=O)NCC(C)NC(=O)c2snnc2C)c1. The minimum atomic E-state index is -0.218. The van der Waals surface area contributed by atoms with Gasteiger partial charge in [0.15, 0.2) is 0 Å². The van der Waals surface area contributed by atoms with Crippen molar-refractivity contribution < 1.29 is 9.59 Å². The summed E-state index contributed by atoms with van der Waals surface area (Å²) >= 11 is 1.06. The van der Waals surface area contributed by atoms with Crippen LogP contribution in [-0.4, -0.2) is 34.0 Å². The van der Waals surface area contributed by atoms with E-state index in [0.29, 0.717) is 22.7 Å². The van der Waals surface area contributed by atoms with Gasteiger partial charge in [-0.15, -0.1) is 5.10 Å². The van der Waals surface area contributed by atoms with E-state index in [1.54, 1.807) is 13.0 Å². The van der Waals surface area contributed by atoms with E-state index in [9.17, 15) is 9.59 Å². The Morgan fingerprint density at radius 3 is 2.68 bits per heavy atom. The van der Waals surface area contributed by atoms with E-state index < -0.39 is 0 Å². The van der Waals surface area contributed by atoms with Crippen LogP contribution in [0.25, 0.3) is 0 Å². The number of hydrogen-bond donors (Lipinski definition) is 2. The van der Waals surface area contributed by atoms with Crippen LogP contribution >= 0.6 is 11.5 Å². The Morgan fingerprint density at radius 1 is 1.27 bits per heavy atom. The molecule has 0 aliphatic rings. The largest absolute Gasteiger partial charge is 0.350 e. The lowest BCUT2D eigenvalue weighted by Gasteiger charge is -2.14. The van der Waals surface area contributed by atoms with Crippen molar-refractivity contribution in [2.45, 2.75) is 26.8 Å². The number of aryl methyl sites for hydroxylation is 2. The van der Waals surface area contributed by atoms with Crippen molar-refractivity contribution in [3.05, 3.63) is 46.0 Å². The van der Waals surface area contributed by atoms with Crippen molar-refractivity contribution in [2.24, 2.45) is 0 Å². The number of benzene rings is 1. The predicted octanol–water partition coefficient (Wildman–Crippen LogP) is 1.70. The van der Waals surface area contributed by atoms with Gasteiger partial charge >= 0.3 is 0 Å². The van der Waals surface area contributed by atoms with Crippen LogP contribution < -0.4 is 10.6 Å². The maximum Gasteiger partial charge on any atom is 0.265 e. The quantitative estimate of drug-likeness (QED) is 0.879. The van der Waals surface area contributed by atoms with Crippen LogP contribution in [0.4, 0.5) is 0 Å². The van der Waals surface area contributed by atoms with E-state index >= 15 is 0 Å². The molecule has 6 nitrogen and oxygen atoms in total. The van der Waals surface area contributed by atoms with Gasteiger partial charge in [-0.05, 0) is 44.4 Å². The third kappa shape index (κ3) is 4.11. The summed E-state index contributed by atoms with van der Waals surface area (Å²) in [5.74, 6) is -0.370. The molecule has 0 fully saturated rings. The Morgan fingerprint density at radius 2 is 2.05 bits per heavy atom. The first-order chi connectivity index (χ1) is 10.5. The van der Waals surface area contributed by atoms with E-state index in [1.165, 1.54) is 0 Å². The average molecular weight is 318 g/mol. The molecule has 2 amide bonds. The lowest BCUT2D eigenvalue weighted by Crippen LogP contribution is -2.41. The number of hydrogen-bond acceptors (Lipinski definition) is 5. The van der Waals surface area contributed by atoms with E-state index in [4.69, 9.17) is 0 Å². The Bertz CT molecular complexity index is 684. The molecule has 7 heteroatoms. The highest BCUT2D eigenvalue weighted by molar-refractivity contribution is 7.08. The van der Waals surface area contributed by atoms with Crippen LogP contribution in [-0.2, 0) is 0 Å². The van der Waals surface area contributed by atoms with Crippen LogP contribution in [0, 0.1) is 13.8 Å². The van der Waals surface area contributed by atoms with Gasteiger partial charge < -0.3 is 10.6 Å². The fourth-order valence-electron chi connectivity index (χ4n) is 1.91. The van der Waals surface area contributed by atoms with Crippen molar-refractivity contribution in [3.63, 3.8) is 0 Å². The Labute approximate surface area is 133 Å². The number of nitrogens with zero attached hydrogens (tertiary/aromatic N) is 2. The van der Waals surface area contributed by atoms with Gasteiger partial charge in [0, 0.05) is 18.2 Å². The highest BCUT2D eigenvalue weighted by Gasteiger charge is 2.16. The normalized spacial score (nSPS) is 11.8. The third-order valence-electron chi connectivity index (χ3n) is 3.08. The Hall–Kier alpha value is -2.28. The van der Waals surface area contributed by atoms with E-state index in [2.05, 4.69) is 20.2 Å². The number of carbonyl (C=O) groups is 2. The summed E-state index contributed by atoms with van der Waals surface area (Å²) < 4.78 is 3.73. The van der Waals surface area contributed by atoms with Gasteiger partial charge in [-0.1, -0.05) is 22.2 Å². The summed E-state index contributed by atoms with van der Waals surface area (Å²) in [5, 5.41) is 9.43. The molecule has 2 aromatic rings. The molecule has 1 unspecified atom stereocenters. The van der Waals surface area contributed by atoms with Crippen LogP contribution in [0.3, 0.4) is 0 Å². The number of nitrogens with one attached hydrogen (secondary N) is 2. The highest BCUT2D eigenvalue weighted by Crippen LogP contribution is 2.08. The molecule has 0 saturated carbocycles. The molecule has 1 aromatic carbocycles.